The number of ether oxygens (including phenoxy) is 1. The van der Waals surface area contributed by atoms with E-state index in [-0.39, 0.29) is 23.1 Å². The van der Waals surface area contributed by atoms with Crippen LogP contribution in [0.5, 0.6) is 0 Å². The molecule has 0 N–H and O–H groups in total. The molecule has 0 aliphatic carbocycles. The van der Waals surface area contributed by atoms with Gasteiger partial charge >= 0.3 is 0 Å². The Morgan fingerprint density at radius 2 is 2.15 bits per heavy atom. The Bertz CT molecular complexity index is 610. The van der Waals surface area contributed by atoms with Crippen molar-refractivity contribution in [1.29, 1.82) is 0 Å². The van der Waals surface area contributed by atoms with Gasteiger partial charge in [0, 0.05) is 51.7 Å². The van der Waals surface area contributed by atoms with Crippen molar-refractivity contribution in [2.24, 2.45) is 11.3 Å². The third kappa shape index (κ3) is 4.23. The number of amides is 2. The van der Waals surface area contributed by atoms with Crippen LogP contribution >= 0.6 is 0 Å². The standard InChI is InChI=1S/C18H29N5O3/c1-15(11-23-14-19-13-20-23)17(25)21-7-4-18(5-8-21)10-16(24)22(12-18)6-3-9-26-2/h13-15H,3-12H2,1-2H3/t15-/m1/s1. The normalized spacial score (nSPS) is 20.8. The first-order valence-electron chi connectivity index (χ1n) is 9.41. The molecule has 2 amide bonds. The molecule has 2 saturated heterocycles. The maximum atomic E-state index is 12.7. The summed E-state index contributed by atoms with van der Waals surface area (Å²) in [6.45, 7) is 6.23. The van der Waals surface area contributed by atoms with Crippen LogP contribution in [0.4, 0.5) is 0 Å². The molecule has 0 radical (unpaired) electrons. The van der Waals surface area contributed by atoms with Crippen molar-refractivity contribution in [3.8, 4) is 0 Å². The fraction of sp³-hybridized carbons (Fsp3) is 0.778. The summed E-state index contributed by atoms with van der Waals surface area (Å²) in [5.41, 5.74) is 0.0517. The highest BCUT2D eigenvalue weighted by atomic mass is 16.5. The van der Waals surface area contributed by atoms with Crippen LogP contribution in [0.1, 0.15) is 32.6 Å². The number of nitrogens with zero attached hydrogens (tertiary/aromatic N) is 5. The first-order chi connectivity index (χ1) is 12.5. The van der Waals surface area contributed by atoms with Gasteiger partial charge in [-0.05, 0) is 19.3 Å². The highest BCUT2D eigenvalue weighted by Gasteiger charge is 2.45. The summed E-state index contributed by atoms with van der Waals surface area (Å²) in [6.07, 6.45) is 6.43. The minimum Gasteiger partial charge on any atom is -0.385 e. The second kappa shape index (κ2) is 8.16. The third-order valence-electron chi connectivity index (χ3n) is 5.67. The van der Waals surface area contributed by atoms with E-state index in [2.05, 4.69) is 10.1 Å². The van der Waals surface area contributed by atoms with E-state index in [1.807, 2.05) is 16.7 Å². The van der Waals surface area contributed by atoms with Gasteiger partial charge in [-0.3, -0.25) is 14.3 Å². The molecule has 0 saturated carbocycles. The zero-order valence-corrected chi connectivity index (χ0v) is 15.8. The fourth-order valence-corrected chi connectivity index (χ4v) is 4.12. The van der Waals surface area contributed by atoms with E-state index in [4.69, 9.17) is 4.74 Å². The van der Waals surface area contributed by atoms with E-state index in [1.165, 1.54) is 6.33 Å². The maximum absolute atomic E-state index is 12.7. The molecule has 1 aromatic rings. The van der Waals surface area contributed by atoms with Crippen molar-refractivity contribution < 1.29 is 14.3 Å². The lowest BCUT2D eigenvalue weighted by atomic mass is 9.77. The summed E-state index contributed by atoms with van der Waals surface area (Å²) in [5.74, 6) is 0.290. The largest absolute Gasteiger partial charge is 0.385 e. The minimum atomic E-state index is -0.124. The monoisotopic (exact) mass is 363 g/mol. The molecule has 26 heavy (non-hydrogen) atoms. The summed E-state index contributed by atoms with van der Waals surface area (Å²) in [6, 6.07) is 0. The molecule has 2 aliphatic heterocycles. The Morgan fingerprint density at radius 1 is 1.38 bits per heavy atom. The molecule has 144 valence electrons. The van der Waals surface area contributed by atoms with Crippen LogP contribution in [-0.4, -0.2) is 76.3 Å². The maximum Gasteiger partial charge on any atom is 0.227 e. The predicted molar refractivity (Wildman–Crippen MR) is 95.1 cm³/mol. The number of rotatable bonds is 7. The molecule has 1 spiro atoms. The lowest BCUT2D eigenvalue weighted by molar-refractivity contribution is -0.137. The quantitative estimate of drug-likeness (QED) is 0.669. The molecule has 0 aromatic carbocycles. The lowest BCUT2D eigenvalue weighted by Crippen LogP contribution is -2.46. The van der Waals surface area contributed by atoms with Gasteiger partial charge in [0.15, 0.2) is 0 Å². The SMILES string of the molecule is COCCCN1CC2(CCN(C(=O)[C@H](C)Cn3cncn3)CC2)CC1=O. The second-order valence-electron chi connectivity index (χ2n) is 7.68. The Kier molecular flexibility index (Phi) is 5.90. The molecule has 1 atom stereocenters. The van der Waals surface area contributed by atoms with Crippen molar-refractivity contribution in [1.82, 2.24) is 24.6 Å². The smallest absolute Gasteiger partial charge is 0.227 e. The van der Waals surface area contributed by atoms with E-state index in [1.54, 1.807) is 18.1 Å². The van der Waals surface area contributed by atoms with Crippen molar-refractivity contribution in [3.63, 3.8) is 0 Å². The van der Waals surface area contributed by atoms with Gasteiger partial charge in [-0.15, -0.1) is 0 Å². The Balaban J connectivity index is 1.49. The first kappa shape index (κ1) is 18.8. The molecular formula is C18H29N5O3. The molecule has 1 aromatic heterocycles. The van der Waals surface area contributed by atoms with Gasteiger partial charge < -0.3 is 14.5 Å². The van der Waals surface area contributed by atoms with Gasteiger partial charge in [0.1, 0.15) is 12.7 Å². The van der Waals surface area contributed by atoms with E-state index >= 15 is 0 Å². The zero-order valence-electron chi connectivity index (χ0n) is 15.8. The van der Waals surface area contributed by atoms with Gasteiger partial charge in [-0.2, -0.15) is 5.10 Å². The van der Waals surface area contributed by atoms with E-state index < -0.39 is 0 Å². The van der Waals surface area contributed by atoms with Crippen LogP contribution in [-0.2, 0) is 20.9 Å². The summed E-state index contributed by atoms with van der Waals surface area (Å²) in [7, 11) is 1.68. The zero-order chi connectivity index (χ0) is 18.6. The van der Waals surface area contributed by atoms with Gasteiger partial charge in [0.25, 0.3) is 0 Å². The fourth-order valence-electron chi connectivity index (χ4n) is 4.12. The number of hydrogen-bond acceptors (Lipinski definition) is 5. The summed E-state index contributed by atoms with van der Waals surface area (Å²) in [4.78, 5) is 32.9. The highest BCUT2D eigenvalue weighted by molar-refractivity contribution is 5.80. The Labute approximate surface area is 154 Å². The number of hydrogen-bond donors (Lipinski definition) is 0. The number of carbonyl (C=O) groups is 2. The molecule has 3 heterocycles. The molecule has 3 rings (SSSR count). The van der Waals surface area contributed by atoms with Gasteiger partial charge in [-0.1, -0.05) is 6.92 Å². The summed E-state index contributed by atoms with van der Waals surface area (Å²) in [5, 5.41) is 4.07. The minimum absolute atomic E-state index is 0.0517. The molecular weight excluding hydrogens is 334 g/mol. The lowest BCUT2D eigenvalue weighted by Gasteiger charge is -2.39. The number of methoxy groups -OCH3 is 1. The number of aromatic nitrogens is 3. The van der Waals surface area contributed by atoms with Crippen molar-refractivity contribution >= 4 is 11.8 Å². The average Bonchev–Trinajstić information content (AvgIpc) is 3.24. The van der Waals surface area contributed by atoms with E-state index in [0.717, 1.165) is 45.4 Å². The average molecular weight is 363 g/mol. The van der Waals surface area contributed by atoms with Crippen molar-refractivity contribution in [2.45, 2.75) is 39.2 Å². The molecule has 2 aliphatic rings. The molecule has 8 nitrogen and oxygen atoms in total. The molecule has 8 heteroatoms. The summed E-state index contributed by atoms with van der Waals surface area (Å²) >= 11 is 0. The topological polar surface area (TPSA) is 80.6 Å². The second-order valence-corrected chi connectivity index (χ2v) is 7.68. The van der Waals surface area contributed by atoms with E-state index in [0.29, 0.717) is 19.6 Å². The van der Waals surface area contributed by atoms with Crippen LogP contribution in [0.3, 0.4) is 0 Å². The van der Waals surface area contributed by atoms with Crippen LogP contribution in [0, 0.1) is 11.3 Å². The van der Waals surface area contributed by atoms with Crippen LogP contribution in [0.25, 0.3) is 0 Å². The third-order valence-corrected chi connectivity index (χ3v) is 5.67. The number of likely N-dealkylation sites (tertiary alicyclic amines) is 2. The van der Waals surface area contributed by atoms with Gasteiger partial charge in [-0.25, -0.2) is 4.98 Å². The Hall–Kier alpha value is -1.96. The van der Waals surface area contributed by atoms with Crippen molar-refractivity contribution in [2.75, 3.05) is 39.9 Å². The Morgan fingerprint density at radius 3 is 2.81 bits per heavy atom. The molecule has 0 bridgehead atoms. The predicted octanol–water partition coefficient (Wildman–Crippen LogP) is 0.792. The van der Waals surface area contributed by atoms with E-state index in [9.17, 15) is 9.59 Å². The van der Waals surface area contributed by atoms with Gasteiger partial charge in [0.2, 0.25) is 11.8 Å². The highest BCUT2D eigenvalue weighted by Crippen LogP contribution is 2.41. The van der Waals surface area contributed by atoms with Gasteiger partial charge in [0.05, 0.1) is 12.5 Å². The van der Waals surface area contributed by atoms with Crippen LogP contribution < -0.4 is 0 Å². The number of carbonyl (C=O) groups excluding carboxylic acids is 2. The molecule has 2 fully saturated rings. The first-order valence-corrected chi connectivity index (χ1v) is 9.41. The molecule has 0 unspecified atom stereocenters. The van der Waals surface area contributed by atoms with Crippen molar-refractivity contribution in [3.05, 3.63) is 12.7 Å². The van der Waals surface area contributed by atoms with Crippen LogP contribution in [0.2, 0.25) is 0 Å². The number of piperidine rings is 1. The summed E-state index contributed by atoms with van der Waals surface area (Å²) < 4.78 is 6.78. The van der Waals surface area contributed by atoms with Crippen LogP contribution in [0.15, 0.2) is 12.7 Å².